The second kappa shape index (κ2) is 8.51. The minimum absolute atomic E-state index is 0.144. The van der Waals surface area contributed by atoms with Crippen molar-refractivity contribution in [3.63, 3.8) is 0 Å². The Morgan fingerprint density at radius 2 is 1.85 bits per heavy atom. The maximum Gasteiger partial charge on any atom is 0.266 e. The number of halogens is 1. The van der Waals surface area contributed by atoms with Crippen molar-refractivity contribution in [3.05, 3.63) is 27.6 Å². The van der Waals surface area contributed by atoms with E-state index < -0.39 is 0 Å². The van der Waals surface area contributed by atoms with Gasteiger partial charge in [0.1, 0.15) is 16.9 Å². The van der Waals surface area contributed by atoms with Crippen LogP contribution in [0.15, 0.2) is 17.1 Å². The Labute approximate surface area is 201 Å². The van der Waals surface area contributed by atoms with Crippen LogP contribution in [-0.4, -0.2) is 77.3 Å². The van der Waals surface area contributed by atoms with Crippen LogP contribution in [0.3, 0.4) is 0 Å². The third kappa shape index (κ3) is 3.55. The van der Waals surface area contributed by atoms with Crippen molar-refractivity contribution in [2.45, 2.75) is 19.3 Å². The molecule has 0 atom stereocenters. The number of hydrogen-bond donors (Lipinski definition) is 1. The molecule has 0 aromatic carbocycles. The third-order valence-corrected chi connectivity index (χ3v) is 7.88. The van der Waals surface area contributed by atoms with Gasteiger partial charge >= 0.3 is 0 Å². The van der Waals surface area contributed by atoms with E-state index in [1.807, 2.05) is 0 Å². The zero-order valence-corrected chi connectivity index (χ0v) is 20.0. The average molecular weight is 486 g/mol. The predicted octanol–water partition coefficient (Wildman–Crippen LogP) is 2.22. The first-order valence-electron chi connectivity index (χ1n) is 11.8. The number of anilines is 2. The van der Waals surface area contributed by atoms with Crippen LogP contribution in [0.4, 0.5) is 11.8 Å². The Morgan fingerprint density at radius 1 is 1.06 bits per heavy atom. The molecule has 0 aliphatic carbocycles. The first-order valence-corrected chi connectivity index (χ1v) is 12.2. The second-order valence-corrected chi connectivity index (χ2v) is 9.83. The Kier molecular flexibility index (Phi) is 5.46. The third-order valence-electron chi connectivity index (χ3n) is 7.51. The molecule has 3 saturated heterocycles. The summed E-state index contributed by atoms with van der Waals surface area (Å²) in [6.45, 7) is 6.10. The summed E-state index contributed by atoms with van der Waals surface area (Å²) in [4.78, 5) is 27.1. The molecule has 6 rings (SSSR count). The maximum atomic E-state index is 13.5. The van der Waals surface area contributed by atoms with Crippen molar-refractivity contribution in [2.75, 3.05) is 62.4 Å². The first-order chi connectivity index (χ1) is 16.6. The lowest BCUT2D eigenvalue weighted by Crippen LogP contribution is -2.43. The molecule has 0 bridgehead atoms. The molecule has 3 aromatic rings. The van der Waals surface area contributed by atoms with E-state index in [2.05, 4.69) is 25.0 Å². The SMILES string of the molecule is Cn1c(N2CCC3(CCOC3)CC2)nc2[nH]nc(-c3ccnc(N4CCOCC4)c3Cl)c2c1=O. The topological polar surface area (TPSA) is 101 Å². The molecule has 0 saturated carbocycles. The Bertz CT molecular complexity index is 1270. The van der Waals surface area contributed by atoms with Gasteiger partial charge in [-0.15, -0.1) is 0 Å². The molecule has 11 heteroatoms. The summed E-state index contributed by atoms with van der Waals surface area (Å²) in [5.74, 6) is 1.34. The van der Waals surface area contributed by atoms with Crippen LogP contribution in [0.25, 0.3) is 22.3 Å². The molecule has 0 amide bonds. The van der Waals surface area contributed by atoms with E-state index in [1.54, 1.807) is 23.9 Å². The number of fused-ring (bicyclic) bond motifs is 1. The molecular weight excluding hydrogens is 458 g/mol. The quantitative estimate of drug-likeness (QED) is 0.602. The summed E-state index contributed by atoms with van der Waals surface area (Å²) >= 11 is 6.79. The van der Waals surface area contributed by atoms with E-state index in [-0.39, 0.29) is 11.0 Å². The largest absolute Gasteiger partial charge is 0.381 e. The Hall–Kier alpha value is -2.69. The standard InChI is InChI=1S/C23H28ClN7O3/c1-29-21(32)16-18(15-2-6-25-20(17(15)24)30-9-12-33-13-10-30)27-28-19(16)26-22(29)31-7-3-23(4-8-31)5-11-34-14-23/h2,6H,3-5,7-14H2,1H3,(H,27,28). The minimum atomic E-state index is -0.144. The molecule has 1 spiro atoms. The van der Waals surface area contributed by atoms with Crippen molar-refractivity contribution >= 4 is 34.4 Å². The number of rotatable bonds is 3. The summed E-state index contributed by atoms with van der Waals surface area (Å²) in [6, 6.07) is 1.79. The molecule has 3 fully saturated rings. The van der Waals surface area contributed by atoms with Gasteiger partial charge in [0.25, 0.3) is 5.56 Å². The molecule has 180 valence electrons. The zero-order valence-electron chi connectivity index (χ0n) is 19.2. The Morgan fingerprint density at radius 3 is 2.59 bits per heavy atom. The van der Waals surface area contributed by atoms with Crippen LogP contribution in [0, 0.1) is 5.41 Å². The molecule has 10 nitrogen and oxygen atoms in total. The highest BCUT2D eigenvalue weighted by Crippen LogP contribution is 2.40. The van der Waals surface area contributed by atoms with E-state index >= 15 is 0 Å². The number of piperidine rings is 1. The van der Waals surface area contributed by atoms with Crippen LogP contribution in [0.1, 0.15) is 19.3 Å². The fourth-order valence-electron chi connectivity index (χ4n) is 5.36. The number of ether oxygens (including phenoxy) is 2. The lowest BCUT2D eigenvalue weighted by Gasteiger charge is -2.39. The van der Waals surface area contributed by atoms with Gasteiger partial charge in [-0.2, -0.15) is 10.1 Å². The van der Waals surface area contributed by atoms with Crippen molar-refractivity contribution in [1.82, 2.24) is 24.7 Å². The van der Waals surface area contributed by atoms with Gasteiger partial charge in [0.15, 0.2) is 5.65 Å². The van der Waals surface area contributed by atoms with Gasteiger partial charge in [0.2, 0.25) is 5.95 Å². The van der Waals surface area contributed by atoms with Gasteiger partial charge in [0.05, 0.1) is 24.8 Å². The highest BCUT2D eigenvalue weighted by Gasteiger charge is 2.39. The summed E-state index contributed by atoms with van der Waals surface area (Å²) < 4.78 is 12.7. The molecule has 3 aliphatic heterocycles. The number of nitrogens with one attached hydrogen (secondary N) is 1. The van der Waals surface area contributed by atoms with Gasteiger partial charge in [-0.05, 0) is 30.7 Å². The van der Waals surface area contributed by atoms with Crippen LogP contribution in [0.2, 0.25) is 5.02 Å². The first kappa shape index (κ1) is 21.8. The molecule has 0 unspecified atom stereocenters. The smallest absolute Gasteiger partial charge is 0.266 e. The molecule has 3 aromatic heterocycles. The molecular formula is C23H28ClN7O3. The average Bonchev–Trinajstić information content (AvgIpc) is 3.50. The summed E-state index contributed by atoms with van der Waals surface area (Å²) in [5.41, 5.74) is 1.78. The number of hydrogen-bond acceptors (Lipinski definition) is 8. The van der Waals surface area contributed by atoms with Gasteiger partial charge < -0.3 is 19.3 Å². The van der Waals surface area contributed by atoms with Crippen molar-refractivity contribution in [2.24, 2.45) is 12.5 Å². The van der Waals surface area contributed by atoms with E-state index in [9.17, 15) is 4.79 Å². The van der Waals surface area contributed by atoms with Gasteiger partial charge in [-0.1, -0.05) is 11.6 Å². The number of morpholine rings is 1. The normalized spacial score (nSPS) is 20.5. The van der Waals surface area contributed by atoms with Crippen LogP contribution in [0.5, 0.6) is 0 Å². The molecule has 34 heavy (non-hydrogen) atoms. The number of H-pyrrole nitrogens is 1. The fraction of sp³-hybridized carbons (Fsp3) is 0.565. The van der Waals surface area contributed by atoms with Crippen LogP contribution >= 0.6 is 11.6 Å². The monoisotopic (exact) mass is 485 g/mol. The lowest BCUT2D eigenvalue weighted by molar-refractivity contribution is 0.122. The van der Waals surface area contributed by atoms with Crippen molar-refractivity contribution < 1.29 is 9.47 Å². The number of aromatic amines is 1. The number of pyridine rings is 1. The summed E-state index contributed by atoms with van der Waals surface area (Å²) in [6.07, 6.45) is 4.92. The van der Waals surface area contributed by atoms with E-state index in [1.165, 1.54) is 0 Å². The second-order valence-electron chi connectivity index (χ2n) is 9.46. The van der Waals surface area contributed by atoms with Gasteiger partial charge in [0, 0.05) is 51.6 Å². The molecule has 1 N–H and O–H groups in total. The summed E-state index contributed by atoms with van der Waals surface area (Å²) in [7, 11) is 1.78. The van der Waals surface area contributed by atoms with E-state index in [0.717, 1.165) is 45.6 Å². The molecule has 6 heterocycles. The highest BCUT2D eigenvalue weighted by molar-refractivity contribution is 6.36. The van der Waals surface area contributed by atoms with Crippen molar-refractivity contribution in [3.8, 4) is 11.3 Å². The van der Waals surface area contributed by atoms with Gasteiger partial charge in [-0.25, -0.2) is 4.98 Å². The Balaban J connectivity index is 1.36. The highest BCUT2D eigenvalue weighted by atomic mass is 35.5. The van der Waals surface area contributed by atoms with Crippen molar-refractivity contribution in [1.29, 1.82) is 0 Å². The number of nitrogens with zero attached hydrogens (tertiary/aromatic N) is 6. The molecule has 0 radical (unpaired) electrons. The fourth-order valence-corrected chi connectivity index (χ4v) is 5.68. The minimum Gasteiger partial charge on any atom is -0.381 e. The van der Waals surface area contributed by atoms with Crippen LogP contribution in [-0.2, 0) is 16.5 Å². The van der Waals surface area contributed by atoms with E-state index in [4.69, 9.17) is 26.1 Å². The van der Waals surface area contributed by atoms with Crippen LogP contribution < -0.4 is 15.4 Å². The summed E-state index contributed by atoms with van der Waals surface area (Å²) in [5, 5.41) is 8.35. The predicted molar refractivity (Wildman–Crippen MR) is 130 cm³/mol. The molecule has 3 aliphatic rings. The van der Waals surface area contributed by atoms with Gasteiger partial charge in [-0.3, -0.25) is 14.5 Å². The zero-order chi connectivity index (χ0) is 23.3. The lowest BCUT2D eigenvalue weighted by atomic mass is 9.78. The van der Waals surface area contributed by atoms with E-state index in [0.29, 0.717) is 65.4 Å². The maximum absolute atomic E-state index is 13.5. The number of aromatic nitrogens is 5.